The van der Waals surface area contributed by atoms with E-state index in [2.05, 4.69) is 14.7 Å². The van der Waals surface area contributed by atoms with E-state index in [1.54, 1.807) is 19.1 Å². The minimum absolute atomic E-state index is 0.0107. The lowest BCUT2D eigenvalue weighted by molar-refractivity contribution is 0.578. The Balaban J connectivity index is 2.25. The molecule has 2 rings (SSSR count). The van der Waals surface area contributed by atoms with Gasteiger partial charge in [-0.15, -0.1) is 0 Å². The number of nitrogens with zero attached hydrogens (tertiary/aromatic N) is 3. The zero-order valence-electron chi connectivity index (χ0n) is 13.5. The van der Waals surface area contributed by atoms with Crippen LogP contribution in [0.5, 0.6) is 0 Å². The zero-order valence-corrected chi connectivity index (χ0v) is 15.0. The maximum Gasteiger partial charge on any atom is 0.241 e. The highest BCUT2D eigenvalue weighted by Crippen LogP contribution is 2.22. The quantitative estimate of drug-likeness (QED) is 0.891. The fraction of sp³-hybridized carbons (Fsp3) is 0.333. The third-order valence-electron chi connectivity index (χ3n) is 3.27. The van der Waals surface area contributed by atoms with Gasteiger partial charge in [0.15, 0.2) is 0 Å². The fourth-order valence-electron chi connectivity index (χ4n) is 2.04. The molecule has 0 amide bonds. The number of aryl methyl sites for hydroxylation is 1. The molecule has 0 aliphatic heterocycles. The average molecular weight is 355 g/mol. The van der Waals surface area contributed by atoms with Crippen LogP contribution in [0.1, 0.15) is 17.1 Å². The summed E-state index contributed by atoms with van der Waals surface area (Å²) in [5.41, 5.74) is 1.29. The summed E-state index contributed by atoms with van der Waals surface area (Å²) in [7, 11) is 0.0466. The predicted molar refractivity (Wildman–Crippen MR) is 91.3 cm³/mol. The molecule has 0 aliphatic rings. The van der Waals surface area contributed by atoms with E-state index in [-0.39, 0.29) is 11.4 Å². The van der Waals surface area contributed by atoms with Gasteiger partial charge in [-0.1, -0.05) is 17.7 Å². The van der Waals surface area contributed by atoms with Gasteiger partial charge in [-0.3, -0.25) is 0 Å². The van der Waals surface area contributed by atoms with E-state index in [0.717, 1.165) is 11.5 Å². The van der Waals surface area contributed by atoms with Crippen LogP contribution in [0.15, 0.2) is 29.2 Å². The third kappa shape index (κ3) is 4.19. The molecule has 1 N–H and O–H groups in total. The van der Waals surface area contributed by atoms with Gasteiger partial charge < -0.3 is 4.90 Å². The first-order valence-corrected chi connectivity index (χ1v) is 8.83. The Morgan fingerprint density at radius 3 is 2.57 bits per heavy atom. The molecule has 0 bridgehead atoms. The molecule has 0 unspecified atom stereocenters. The largest absolute Gasteiger partial charge is 0.363 e. The van der Waals surface area contributed by atoms with Gasteiger partial charge in [-0.05, 0) is 31.5 Å². The molecule has 0 radical (unpaired) electrons. The van der Waals surface area contributed by atoms with Crippen LogP contribution in [-0.4, -0.2) is 32.5 Å². The lowest BCUT2D eigenvalue weighted by Gasteiger charge is -2.14. The highest BCUT2D eigenvalue weighted by molar-refractivity contribution is 7.89. The van der Waals surface area contributed by atoms with Crippen LogP contribution < -0.4 is 9.62 Å². The summed E-state index contributed by atoms with van der Waals surface area (Å²) < 4.78 is 27.4. The number of hydrogen-bond acceptors (Lipinski definition) is 5. The molecule has 0 fully saturated rings. The summed E-state index contributed by atoms with van der Waals surface area (Å²) in [6, 6.07) is 6.62. The number of sulfonamides is 1. The van der Waals surface area contributed by atoms with E-state index in [9.17, 15) is 8.42 Å². The molecule has 23 heavy (non-hydrogen) atoms. The van der Waals surface area contributed by atoms with E-state index in [0.29, 0.717) is 16.4 Å². The fourth-order valence-corrected chi connectivity index (χ4v) is 3.51. The zero-order chi connectivity index (χ0) is 17.2. The van der Waals surface area contributed by atoms with Crippen molar-refractivity contribution in [2.24, 2.45) is 0 Å². The Labute approximate surface area is 141 Å². The molecule has 2 aromatic rings. The van der Waals surface area contributed by atoms with Crippen molar-refractivity contribution < 1.29 is 8.42 Å². The molecule has 0 aliphatic carbocycles. The van der Waals surface area contributed by atoms with Gasteiger partial charge in [0.25, 0.3) is 0 Å². The van der Waals surface area contributed by atoms with Crippen molar-refractivity contribution in [2.75, 3.05) is 19.0 Å². The van der Waals surface area contributed by atoms with Crippen molar-refractivity contribution in [3.8, 4) is 0 Å². The Morgan fingerprint density at radius 1 is 1.22 bits per heavy atom. The molecule has 0 atom stereocenters. The number of halogens is 1. The standard InChI is InChI=1S/C15H19ClN4O2S/c1-10-8-15(20(3)4)19-14(18-10)9-17-23(21,22)13-7-5-6-12(16)11(13)2/h5-8,17H,9H2,1-4H3. The number of hydrogen-bond donors (Lipinski definition) is 1. The van der Waals surface area contributed by atoms with Gasteiger partial charge in [-0.25, -0.2) is 23.1 Å². The molecular formula is C15H19ClN4O2S. The highest BCUT2D eigenvalue weighted by Gasteiger charge is 2.18. The molecule has 0 saturated carbocycles. The van der Waals surface area contributed by atoms with E-state index < -0.39 is 10.0 Å². The summed E-state index contributed by atoms with van der Waals surface area (Å²) in [5.74, 6) is 1.14. The highest BCUT2D eigenvalue weighted by atomic mass is 35.5. The maximum absolute atomic E-state index is 12.4. The first-order valence-electron chi connectivity index (χ1n) is 6.97. The summed E-state index contributed by atoms with van der Waals surface area (Å²) in [5, 5.41) is 0.412. The molecule has 124 valence electrons. The lowest BCUT2D eigenvalue weighted by atomic mass is 10.2. The summed E-state index contributed by atoms with van der Waals surface area (Å²) in [4.78, 5) is 10.6. The van der Waals surface area contributed by atoms with Crippen LogP contribution >= 0.6 is 11.6 Å². The number of anilines is 1. The van der Waals surface area contributed by atoms with Crippen molar-refractivity contribution in [1.29, 1.82) is 0 Å². The first kappa shape index (κ1) is 17.7. The minimum Gasteiger partial charge on any atom is -0.363 e. The topological polar surface area (TPSA) is 75.2 Å². The number of nitrogens with one attached hydrogen (secondary N) is 1. The number of aromatic nitrogens is 2. The van der Waals surface area contributed by atoms with Crippen molar-refractivity contribution >= 4 is 27.4 Å². The molecule has 1 heterocycles. The smallest absolute Gasteiger partial charge is 0.241 e. The van der Waals surface area contributed by atoms with Crippen molar-refractivity contribution in [3.63, 3.8) is 0 Å². The molecular weight excluding hydrogens is 336 g/mol. The maximum atomic E-state index is 12.4. The Hall–Kier alpha value is -1.70. The van der Waals surface area contributed by atoms with Gasteiger partial charge in [0.1, 0.15) is 11.6 Å². The van der Waals surface area contributed by atoms with Crippen LogP contribution in [-0.2, 0) is 16.6 Å². The predicted octanol–water partition coefficient (Wildman–Crippen LogP) is 2.29. The summed E-state index contributed by atoms with van der Waals surface area (Å²) in [6.07, 6.45) is 0. The summed E-state index contributed by atoms with van der Waals surface area (Å²) in [6.45, 7) is 3.52. The van der Waals surface area contributed by atoms with Gasteiger partial charge in [0, 0.05) is 30.9 Å². The molecule has 0 saturated heterocycles. The monoisotopic (exact) mass is 354 g/mol. The molecule has 1 aromatic carbocycles. The number of benzene rings is 1. The molecule has 6 nitrogen and oxygen atoms in total. The first-order chi connectivity index (χ1) is 10.7. The average Bonchev–Trinajstić information content (AvgIpc) is 2.47. The molecule has 1 aromatic heterocycles. The Bertz CT molecular complexity index is 822. The van der Waals surface area contributed by atoms with E-state index in [1.165, 1.54) is 6.07 Å². The SMILES string of the molecule is Cc1cc(N(C)C)nc(CNS(=O)(=O)c2cccc(Cl)c2C)n1. The van der Waals surface area contributed by atoms with Crippen molar-refractivity contribution in [3.05, 3.63) is 46.4 Å². The van der Waals surface area contributed by atoms with Gasteiger partial charge in [-0.2, -0.15) is 0 Å². The second kappa shape index (κ2) is 6.82. The Morgan fingerprint density at radius 2 is 1.91 bits per heavy atom. The Kier molecular flexibility index (Phi) is 5.23. The van der Waals surface area contributed by atoms with Crippen LogP contribution in [0.25, 0.3) is 0 Å². The van der Waals surface area contributed by atoms with E-state index in [4.69, 9.17) is 11.6 Å². The van der Waals surface area contributed by atoms with E-state index in [1.807, 2.05) is 32.0 Å². The van der Waals surface area contributed by atoms with Gasteiger partial charge in [0.05, 0.1) is 11.4 Å². The molecule has 8 heteroatoms. The van der Waals surface area contributed by atoms with Crippen LogP contribution in [0.3, 0.4) is 0 Å². The molecule has 0 spiro atoms. The van der Waals surface area contributed by atoms with Crippen LogP contribution in [0.2, 0.25) is 5.02 Å². The minimum atomic E-state index is -3.69. The van der Waals surface area contributed by atoms with Gasteiger partial charge in [0.2, 0.25) is 10.0 Å². The van der Waals surface area contributed by atoms with Crippen LogP contribution in [0, 0.1) is 13.8 Å². The lowest BCUT2D eigenvalue weighted by Crippen LogP contribution is -2.25. The normalized spacial score (nSPS) is 11.5. The number of rotatable bonds is 5. The van der Waals surface area contributed by atoms with E-state index >= 15 is 0 Å². The second-order valence-electron chi connectivity index (χ2n) is 5.37. The van der Waals surface area contributed by atoms with Crippen molar-refractivity contribution in [2.45, 2.75) is 25.3 Å². The van der Waals surface area contributed by atoms with Crippen LogP contribution in [0.4, 0.5) is 5.82 Å². The second-order valence-corrected chi connectivity index (χ2v) is 7.51. The third-order valence-corrected chi connectivity index (χ3v) is 5.23. The van der Waals surface area contributed by atoms with Crippen molar-refractivity contribution in [1.82, 2.24) is 14.7 Å². The summed E-state index contributed by atoms with van der Waals surface area (Å²) >= 11 is 5.99. The van der Waals surface area contributed by atoms with Gasteiger partial charge >= 0.3 is 0 Å².